The Bertz CT molecular complexity index is 492. The molecule has 0 unspecified atom stereocenters. The second-order valence-corrected chi connectivity index (χ2v) is 4.75. The Morgan fingerprint density at radius 3 is 3.17 bits per heavy atom. The van der Waals surface area contributed by atoms with Crippen LogP contribution in [0.5, 0.6) is 0 Å². The van der Waals surface area contributed by atoms with Gasteiger partial charge in [-0.25, -0.2) is 9.97 Å². The monoisotopic (exact) mass is 264 g/mol. The maximum absolute atomic E-state index is 11.9. The highest BCUT2D eigenvalue weighted by molar-refractivity contribution is 7.11. The molecule has 0 saturated carbocycles. The van der Waals surface area contributed by atoms with E-state index >= 15 is 0 Å². The van der Waals surface area contributed by atoms with Crippen molar-refractivity contribution in [3.05, 3.63) is 34.8 Å². The number of amides is 1. The largest absolute Gasteiger partial charge is 0.351 e. The molecule has 2 aromatic heterocycles. The number of imidazole rings is 1. The first-order valence-corrected chi connectivity index (χ1v) is 6.85. The number of rotatable bonds is 6. The van der Waals surface area contributed by atoms with Gasteiger partial charge in [-0.2, -0.15) is 0 Å². The van der Waals surface area contributed by atoms with Crippen LogP contribution in [0, 0.1) is 0 Å². The van der Waals surface area contributed by atoms with Gasteiger partial charge in [0.15, 0.2) is 0 Å². The summed E-state index contributed by atoms with van der Waals surface area (Å²) >= 11 is 1.40. The first-order valence-electron chi connectivity index (χ1n) is 5.97. The fourth-order valence-electron chi connectivity index (χ4n) is 1.67. The number of nitrogens with one attached hydrogen (secondary N) is 1. The Morgan fingerprint density at radius 1 is 1.56 bits per heavy atom. The third kappa shape index (κ3) is 3.16. The van der Waals surface area contributed by atoms with E-state index in [-0.39, 0.29) is 5.91 Å². The zero-order chi connectivity index (χ0) is 12.8. The van der Waals surface area contributed by atoms with Gasteiger partial charge in [-0.05, 0) is 12.8 Å². The van der Waals surface area contributed by atoms with Crippen LogP contribution in [0.4, 0.5) is 0 Å². The third-order valence-electron chi connectivity index (χ3n) is 2.62. The molecule has 2 aromatic rings. The number of hydrogen-bond donors (Lipinski definition) is 1. The standard InChI is InChI=1S/C12H16N4OS/c1-2-10-11(18-9-15-10)12(17)14-4-3-6-16-7-5-13-8-16/h5,7-9H,2-4,6H2,1H3,(H,14,17). The molecular weight excluding hydrogens is 248 g/mol. The molecule has 0 atom stereocenters. The average molecular weight is 264 g/mol. The lowest BCUT2D eigenvalue weighted by atomic mass is 10.3. The first-order chi connectivity index (χ1) is 8.81. The van der Waals surface area contributed by atoms with Crippen LogP contribution in [0.15, 0.2) is 24.2 Å². The summed E-state index contributed by atoms with van der Waals surface area (Å²) in [7, 11) is 0. The van der Waals surface area contributed by atoms with Crippen LogP contribution in [-0.4, -0.2) is 27.0 Å². The normalized spacial score (nSPS) is 10.5. The topological polar surface area (TPSA) is 59.8 Å². The lowest BCUT2D eigenvalue weighted by Crippen LogP contribution is -2.25. The number of carbonyl (C=O) groups excluding carboxylic acids is 1. The van der Waals surface area contributed by atoms with Crippen molar-refractivity contribution < 1.29 is 4.79 Å². The Hall–Kier alpha value is -1.69. The quantitative estimate of drug-likeness (QED) is 0.808. The van der Waals surface area contributed by atoms with Gasteiger partial charge in [0.2, 0.25) is 0 Å². The molecule has 0 spiro atoms. The predicted octanol–water partition coefficient (Wildman–Crippen LogP) is 1.72. The van der Waals surface area contributed by atoms with Gasteiger partial charge in [0.05, 0.1) is 17.5 Å². The van der Waals surface area contributed by atoms with Crippen LogP contribution in [0.2, 0.25) is 0 Å². The van der Waals surface area contributed by atoms with Crippen LogP contribution >= 0.6 is 11.3 Å². The van der Waals surface area contributed by atoms with Gasteiger partial charge in [0.1, 0.15) is 4.88 Å². The Balaban J connectivity index is 1.75. The highest BCUT2D eigenvalue weighted by Gasteiger charge is 2.12. The number of nitrogens with zero attached hydrogens (tertiary/aromatic N) is 3. The van der Waals surface area contributed by atoms with Crippen LogP contribution in [0.3, 0.4) is 0 Å². The van der Waals surface area contributed by atoms with Crippen molar-refractivity contribution in [1.29, 1.82) is 0 Å². The van der Waals surface area contributed by atoms with Crippen molar-refractivity contribution in [3.8, 4) is 0 Å². The molecule has 6 heteroatoms. The molecule has 0 aromatic carbocycles. The maximum atomic E-state index is 11.9. The van der Waals surface area contributed by atoms with Gasteiger partial charge < -0.3 is 9.88 Å². The summed E-state index contributed by atoms with van der Waals surface area (Å²) in [4.78, 5) is 20.8. The Morgan fingerprint density at radius 2 is 2.44 bits per heavy atom. The fourth-order valence-corrected chi connectivity index (χ4v) is 2.47. The number of aromatic nitrogens is 3. The summed E-state index contributed by atoms with van der Waals surface area (Å²) in [5, 5.41) is 2.92. The second kappa shape index (κ2) is 6.30. The first kappa shape index (κ1) is 12.8. The Labute approximate surface area is 110 Å². The molecule has 0 fully saturated rings. The van der Waals surface area contributed by atoms with E-state index in [1.165, 1.54) is 11.3 Å². The minimum atomic E-state index is -0.0139. The van der Waals surface area contributed by atoms with E-state index in [4.69, 9.17) is 0 Å². The summed E-state index contributed by atoms with van der Waals surface area (Å²) in [6, 6.07) is 0. The molecule has 1 amide bonds. The van der Waals surface area contributed by atoms with Crippen molar-refractivity contribution >= 4 is 17.2 Å². The van der Waals surface area contributed by atoms with Crippen molar-refractivity contribution in [2.45, 2.75) is 26.3 Å². The van der Waals surface area contributed by atoms with Gasteiger partial charge in [-0.15, -0.1) is 11.3 Å². The van der Waals surface area contributed by atoms with Crippen LogP contribution in [0.1, 0.15) is 28.7 Å². The lowest BCUT2D eigenvalue weighted by Gasteiger charge is -2.05. The minimum Gasteiger partial charge on any atom is -0.351 e. The molecule has 2 heterocycles. The lowest BCUT2D eigenvalue weighted by molar-refractivity contribution is 0.0955. The zero-order valence-electron chi connectivity index (χ0n) is 10.3. The predicted molar refractivity (Wildman–Crippen MR) is 70.7 cm³/mol. The number of carbonyl (C=O) groups is 1. The highest BCUT2D eigenvalue weighted by atomic mass is 32.1. The molecule has 0 saturated heterocycles. The molecular formula is C12H16N4OS. The average Bonchev–Trinajstić information content (AvgIpc) is 3.04. The number of hydrogen-bond acceptors (Lipinski definition) is 4. The van der Waals surface area contributed by atoms with Crippen LogP contribution in [0.25, 0.3) is 0 Å². The van der Waals surface area contributed by atoms with Crippen molar-refractivity contribution in [2.75, 3.05) is 6.54 Å². The highest BCUT2D eigenvalue weighted by Crippen LogP contribution is 2.13. The van der Waals surface area contributed by atoms with Gasteiger partial charge in [-0.3, -0.25) is 4.79 Å². The van der Waals surface area contributed by atoms with E-state index < -0.39 is 0 Å². The molecule has 18 heavy (non-hydrogen) atoms. The molecule has 0 aliphatic heterocycles. The maximum Gasteiger partial charge on any atom is 0.263 e. The van der Waals surface area contributed by atoms with Crippen molar-refractivity contribution in [1.82, 2.24) is 19.9 Å². The van der Waals surface area contributed by atoms with E-state index in [1.807, 2.05) is 17.7 Å². The summed E-state index contributed by atoms with van der Waals surface area (Å²) in [6.07, 6.45) is 7.13. The third-order valence-corrected chi connectivity index (χ3v) is 3.49. The zero-order valence-corrected chi connectivity index (χ0v) is 11.1. The molecule has 0 aliphatic rings. The van der Waals surface area contributed by atoms with E-state index in [0.717, 1.165) is 30.0 Å². The molecule has 0 bridgehead atoms. The van der Waals surface area contributed by atoms with Gasteiger partial charge in [-0.1, -0.05) is 6.92 Å². The Kier molecular flexibility index (Phi) is 4.46. The van der Waals surface area contributed by atoms with Gasteiger partial charge in [0, 0.05) is 25.5 Å². The molecule has 0 radical (unpaired) electrons. The molecule has 1 N–H and O–H groups in total. The SMILES string of the molecule is CCc1ncsc1C(=O)NCCCn1ccnc1. The van der Waals surface area contributed by atoms with Crippen LogP contribution < -0.4 is 5.32 Å². The molecule has 5 nitrogen and oxygen atoms in total. The van der Waals surface area contributed by atoms with E-state index in [0.29, 0.717) is 6.54 Å². The van der Waals surface area contributed by atoms with E-state index in [9.17, 15) is 4.79 Å². The van der Waals surface area contributed by atoms with Crippen LogP contribution in [-0.2, 0) is 13.0 Å². The van der Waals surface area contributed by atoms with Crippen molar-refractivity contribution in [3.63, 3.8) is 0 Å². The van der Waals surface area contributed by atoms with E-state index in [2.05, 4.69) is 15.3 Å². The summed E-state index contributed by atoms with van der Waals surface area (Å²) in [6.45, 7) is 3.53. The summed E-state index contributed by atoms with van der Waals surface area (Å²) in [5.74, 6) is -0.0139. The molecule has 2 rings (SSSR count). The molecule has 0 aliphatic carbocycles. The second-order valence-electron chi connectivity index (χ2n) is 3.89. The fraction of sp³-hybridized carbons (Fsp3) is 0.417. The summed E-state index contributed by atoms with van der Waals surface area (Å²) in [5.41, 5.74) is 2.60. The smallest absolute Gasteiger partial charge is 0.263 e. The summed E-state index contributed by atoms with van der Waals surface area (Å²) < 4.78 is 2.00. The minimum absolute atomic E-state index is 0.0139. The molecule has 96 valence electrons. The number of thiazole rings is 1. The van der Waals surface area contributed by atoms with Gasteiger partial charge in [0.25, 0.3) is 5.91 Å². The number of aryl methyl sites for hydroxylation is 2. The van der Waals surface area contributed by atoms with Crippen molar-refractivity contribution in [2.24, 2.45) is 0 Å². The van der Waals surface area contributed by atoms with E-state index in [1.54, 1.807) is 18.0 Å². The van der Waals surface area contributed by atoms with Gasteiger partial charge >= 0.3 is 0 Å².